The Labute approximate surface area is 144 Å². The quantitative estimate of drug-likeness (QED) is 0.780. The van der Waals surface area contributed by atoms with Crippen LogP contribution in [-0.4, -0.2) is 38.5 Å². The lowest BCUT2D eigenvalue weighted by Gasteiger charge is -2.11. The van der Waals surface area contributed by atoms with Gasteiger partial charge in [-0.3, -0.25) is 4.79 Å². The molecule has 0 bridgehead atoms. The van der Waals surface area contributed by atoms with Crippen molar-refractivity contribution in [1.82, 2.24) is 19.8 Å². The number of carbonyl (C=O) groups is 2. The molecule has 0 spiro atoms. The van der Waals surface area contributed by atoms with E-state index in [9.17, 15) is 9.59 Å². The number of hydrogen-bond acceptors (Lipinski definition) is 6. The molecule has 0 aliphatic carbocycles. The molecule has 2 aromatic rings. The SMILES string of the molecule is CCOC(=O)OC(C)n1nnn(C)c1=NC(=O)c1ccc(C)cc1C. The van der Waals surface area contributed by atoms with Crippen LogP contribution in [0.3, 0.4) is 0 Å². The van der Waals surface area contributed by atoms with Crippen LogP contribution in [0.15, 0.2) is 23.2 Å². The van der Waals surface area contributed by atoms with Gasteiger partial charge in [0, 0.05) is 12.6 Å². The average molecular weight is 347 g/mol. The number of nitrogens with zero attached hydrogens (tertiary/aromatic N) is 5. The predicted octanol–water partition coefficient (Wildman–Crippen LogP) is 1.67. The number of rotatable bonds is 4. The summed E-state index contributed by atoms with van der Waals surface area (Å²) in [7, 11) is 1.59. The van der Waals surface area contributed by atoms with Crippen LogP contribution in [0.4, 0.5) is 4.79 Å². The number of amides is 1. The Bertz CT molecular complexity index is 852. The molecule has 25 heavy (non-hydrogen) atoms. The van der Waals surface area contributed by atoms with Gasteiger partial charge in [0.1, 0.15) is 0 Å². The molecule has 1 atom stereocenters. The third kappa shape index (κ3) is 4.31. The van der Waals surface area contributed by atoms with Crippen molar-refractivity contribution in [2.24, 2.45) is 12.0 Å². The van der Waals surface area contributed by atoms with Crippen LogP contribution in [0.1, 0.15) is 41.6 Å². The molecular weight excluding hydrogens is 326 g/mol. The Morgan fingerprint density at radius 1 is 1.28 bits per heavy atom. The van der Waals surface area contributed by atoms with Gasteiger partial charge in [0.05, 0.1) is 6.61 Å². The maximum atomic E-state index is 12.5. The van der Waals surface area contributed by atoms with E-state index >= 15 is 0 Å². The molecule has 2 rings (SSSR count). The highest BCUT2D eigenvalue weighted by Crippen LogP contribution is 2.11. The summed E-state index contributed by atoms with van der Waals surface area (Å²) in [4.78, 5) is 28.1. The fraction of sp³-hybridized carbons (Fsp3) is 0.438. The van der Waals surface area contributed by atoms with Crippen molar-refractivity contribution in [3.05, 3.63) is 40.5 Å². The lowest BCUT2D eigenvalue weighted by atomic mass is 10.1. The first-order chi connectivity index (χ1) is 11.8. The van der Waals surface area contributed by atoms with Crippen molar-refractivity contribution < 1.29 is 19.1 Å². The standard InChI is InChI=1S/C16H21N5O4/c1-6-24-16(23)25-12(4)21-15(20(5)18-19-21)17-14(22)13-8-7-10(2)9-11(13)3/h7-9,12H,6H2,1-5H3. The highest BCUT2D eigenvalue weighted by molar-refractivity contribution is 5.96. The van der Waals surface area contributed by atoms with E-state index in [1.165, 1.54) is 9.36 Å². The van der Waals surface area contributed by atoms with Crippen molar-refractivity contribution in [3.63, 3.8) is 0 Å². The van der Waals surface area contributed by atoms with Gasteiger partial charge in [-0.05, 0) is 49.8 Å². The third-order valence-corrected chi connectivity index (χ3v) is 3.45. The van der Waals surface area contributed by atoms with E-state index in [1.54, 1.807) is 27.0 Å². The van der Waals surface area contributed by atoms with Gasteiger partial charge in [0.25, 0.3) is 11.5 Å². The zero-order valence-corrected chi connectivity index (χ0v) is 14.9. The second kappa shape index (κ2) is 7.73. The van der Waals surface area contributed by atoms with Gasteiger partial charge in [-0.15, -0.1) is 0 Å². The largest absolute Gasteiger partial charge is 0.510 e. The minimum absolute atomic E-state index is 0.154. The Balaban J connectivity index is 2.35. The van der Waals surface area contributed by atoms with E-state index in [0.29, 0.717) is 5.56 Å². The van der Waals surface area contributed by atoms with E-state index in [1.807, 2.05) is 26.0 Å². The fourth-order valence-electron chi connectivity index (χ4n) is 2.24. The number of aromatic nitrogens is 4. The molecule has 1 heterocycles. The number of benzene rings is 1. The number of aryl methyl sites for hydroxylation is 3. The van der Waals surface area contributed by atoms with Crippen LogP contribution in [-0.2, 0) is 16.5 Å². The summed E-state index contributed by atoms with van der Waals surface area (Å²) in [6, 6.07) is 5.48. The molecule has 0 N–H and O–H groups in total. The molecule has 1 unspecified atom stereocenters. The van der Waals surface area contributed by atoms with Gasteiger partial charge in [0.2, 0.25) is 6.23 Å². The van der Waals surface area contributed by atoms with Crippen LogP contribution in [0.25, 0.3) is 0 Å². The first kappa shape index (κ1) is 18.4. The molecule has 134 valence electrons. The molecule has 1 amide bonds. The van der Waals surface area contributed by atoms with Gasteiger partial charge in [-0.1, -0.05) is 17.7 Å². The maximum Gasteiger partial charge on any atom is 0.510 e. The molecule has 0 aliphatic rings. The van der Waals surface area contributed by atoms with Crippen LogP contribution in [0.5, 0.6) is 0 Å². The second-order valence-electron chi connectivity index (χ2n) is 5.48. The monoisotopic (exact) mass is 347 g/mol. The van der Waals surface area contributed by atoms with Crippen LogP contribution in [0.2, 0.25) is 0 Å². The summed E-state index contributed by atoms with van der Waals surface area (Å²) in [5.41, 5.74) is 2.52. The highest BCUT2D eigenvalue weighted by Gasteiger charge is 2.17. The van der Waals surface area contributed by atoms with E-state index in [2.05, 4.69) is 15.4 Å². The Morgan fingerprint density at radius 3 is 2.64 bits per heavy atom. The second-order valence-corrected chi connectivity index (χ2v) is 5.48. The van der Waals surface area contributed by atoms with E-state index < -0.39 is 18.3 Å². The predicted molar refractivity (Wildman–Crippen MR) is 87.6 cm³/mol. The normalized spacial score (nSPS) is 12.8. The van der Waals surface area contributed by atoms with Crippen molar-refractivity contribution >= 4 is 12.1 Å². The Hall–Kier alpha value is -2.97. The first-order valence-corrected chi connectivity index (χ1v) is 7.81. The van der Waals surface area contributed by atoms with Crippen LogP contribution >= 0.6 is 0 Å². The van der Waals surface area contributed by atoms with Crippen LogP contribution in [0, 0.1) is 13.8 Å². The number of carbonyl (C=O) groups excluding carboxylic acids is 2. The highest BCUT2D eigenvalue weighted by atomic mass is 16.7. The third-order valence-electron chi connectivity index (χ3n) is 3.45. The lowest BCUT2D eigenvalue weighted by Crippen LogP contribution is -2.31. The average Bonchev–Trinajstić information content (AvgIpc) is 2.88. The molecule has 9 nitrogen and oxygen atoms in total. The molecule has 9 heteroatoms. The minimum atomic E-state index is -0.835. The van der Waals surface area contributed by atoms with E-state index in [-0.39, 0.29) is 12.2 Å². The summed E-state index contributed by atoms with van der Waals surface area (Å²) >= 11 is 0. The summed E-state index contributed by atoms with van der Waals surface area (Å²) in [5.74, 6) is -0.431. The molecule has 0 saturated heterocycles. The summed E-state index contributed by atoms with van der Waals surface area (Å²) < 4.78 is 12.4. The molecular formula is C16H21N5O4. The topological polar surface area (TPSA) is 101 Å². The van der Waals surface area contributed by atoms with Gasteiger partial charge >= 0.3 is 6.16 Å². The zero-order valence-electron chi connectivity index (χ0n) is 14.9. The lowest BCUT2D eigenvalue weighted by molar-refractivity contribution is -0.00108. The molecule has 0 fully saturated rings. The summed E-state index contributed by atoms with van der Waals surface area (Å²) in [6.07, 6.45) is -1.67. The number of tetrazole rings is 1. The minimum Gasteiger partial charge on any atom is -0.435 e. The number of hydrogen-bond donors (Lipinski definition) is 0. The van der Waals surface area contributed by atoms with Crippen LogP contribution < -0.4 is 5.62 Å². The summed E-state index contributed by atoms with van der Waals surface area (Å²) in [5, 5.41) is 7.69. The van der Waals surface area contributed by atoms with Gasteiger partial charge in [-0.2, -0.15) is 9.67 Å². The van der Waals surface area contributed by atoms with Gasteiger partial charge in [0.15, 0.2) is 0 Å². The van der Waals surface area contributed by atoms with Gasteiger partial charge < -0.3 is 9.47 Å². The first-order valence-electron chi connectivity index (χ1n) is 7.81. The number of ether oxygens (including phenoxy) is 2. The maximum absolute atomic E-state index is 12.5. The molecule has 0 aliphatic heterocycles. The zero-order chi connectivity index (χ0) is 18.6. The summed E-state index contributed by atoms with van der Waals surface area (Å²) in [6.45, 7) is 7.24. The van der Waals surface area contributed by atoms with Crippen molar-refractivity contribution in [2.45, 2.75) is 33.9 Å². The Morgan fingerprint density at radius 2 is 2.00 bits per heavy atom. The van der Waals surface area contributed by atoms with E-state index in [0.717, 1.165) is 11.1 Å². The van der Waals surface area contributed by atoms with E-state index in [4.69, 9.17) is 9.47 Å². The molecule has 0 saturated carbocycles. The van der Waals surface area contributed by atoms with Gasteiger partial charge in [-0.25, -0.2) is 9.48 Å². The van der Waals surface area contributed by atoms with Crippen molar-refractivity contribution in [3.8, 4) is 0 Å². The van der Waals surface area contributed by atoms with Crippen molar-refractivity contribution in [1.29, 1.82) is 0 Å². The fourth-order valence-corrected chi connectivity index (χ4v) is 2.24. The molecule has 0 radical (unpaired) electrons. The van der Waals surface area contributed by atoms with Crippen molar-refractivity contribution in [2.75, 3.05) is 6.61 Å². The Kier molecular flexibility index (Phi) is 5.68. The molecule has 1 aromatic heterocycles. The smallest absolute Gasteiger partial charge is 0.435 e. The molecule has 1 aromatic carbocycles.